The van der Waals surface area contributed by atoms with E-state index in [1.807, 2.05) is 24.5 Å². The maximum absolute atomic E-state index is 14.4. The van der Waals surface area contributed by atoms with E-state index in [-0.39, 0.29) is 5.69 Å². The van der Waals surface area contributed by atoms with Crippen molar-refractivity contribution in [3.63, 3.8) is 0 Å². The van der Waals surface area contributed by atoms with Gasteiger partial charge >= 0.3 is 0 Å². The number of halogens is 2. The van der Waals surface area contributed by atoms with Crippen LogP contribution >= 0.6 is 11.8 Å². The average Bonchev–Trinajstić information content (AvgIpc) is 2.83. The van der Waals surface area contributed by atoms with Gasteiger partial charge in [0.1, 0.15) is 17.3 Å². The molecule has 0 unspecified atom stereocenters. The number of rotatable bonds is 3. The number of hydrogen-bond donors (Lipinski definition) is 1. The van der Waals surface area contributed by atoms with Crippen molar-refractivity contribution in [3.05, 3.63) is 59.7 Å². The Kier molecular flexibility index (Phi) is 4.68. The van der Waals surface area contributed by atoms with Gasteiger partial charge in [-0.15, -0.1) is 11.8 Å². The van der Waals surface area contributed by atoms with Gasteiger partial charge in [0.05, 0.1) is 5.69 Å². The normalized spacial score (nSPS) is 13.8. The standard InChI is InChI=1S/C20H19F2N3S/c1-26-18-8-3-2-6-14(18)19-15-7-4-5-11-23-20(15)25(24-19)17-10-9-13(21)12-16(17)22/h2-3,6,8-10,12,23H,4-5,7,11H2,1H3. The van der Waals surface area contributed by atoms with Crippen LogP contribution in [0.2, 0.25) is 0 Å². The van der Waals surface area contributed by atoms with Crippen LogP contribution in [0.4, 0.5) is 14.6 Å². The van der Waals surface area contributed by atoms with Gasteiger partial charge in [0.25, 0.3) is 0 Å². The lowest BCUT2D eigenvalue weighted by Crippen LogP contribution is -2.08. The molecule has 0 saturated carbocycles. The van der Waals surface area contributed by atoms with E-state index in [2.05, 4.69) is 11.4 Å². The molecule has 1 aliphatic rings. The van der Waals surface area contributed by atoms with Crippen LogP contribution in [0.25, 0.3) is 16.9 Å². The third kappa shape index (κ3) is 2.98. The topological polar surface area (TPSA) is 29.9 Å². The van der Waals surface area contributed by atoms with E-state index in [1.54, 1.807) is 16.4 Å². The summed E-state index contributed by atoms with van der Waals surface area (Å²) in [5.74, 6) is -0.407. The van der Waals surface area contributed by atoms with E-state index in [0.717, 1.165) is 59.4 Å². The molecule has 2 heterocycles. The number of anilines is 1. The van der Waals surface area contributed by atoms with E-state index >= 15 is 0 Å². The molecule has 0 radical (unpaired) electrons. The average molecular weight is 371 g/mol. The fourth-order valence-corrected chi connectivity index (χ4v) is 3.99. The zero-order chi connectivity index (χ0) is 18.1. The maximum atomic E-state index is 14.4. The van der Waals surface area contributed by atoms with Gasteiger partial charge in [-0.3, -0.25) is 0 Å². The third-order valence-electron chi connectivity index (χ3n) is 4.63. The molecule has 3 nitrogen and oxygen atoms in total. The number of aromatic nitrogens is 2. The lowest BCUT2D eigenvalue weighted by molar-refractivity contribution is 0.574. The Morgan fingerprint density at radius 3 is 2.77 bits per heavy atom. The Morgan fingerprint density at radius 1 is 1.12 bits per heavy atom. The van der Waals surface area contributed by atoms with Crippen molar-refractivity contribution in [2.75, 3.05) is 18.1 Å². The summed E-state index contributed by atoms with van der Waals surface area (Å²) in [5.41, 5.74) is 3.25. The molecule has 26 heavy (non-hydrogen) atoms. The number of fused-ring (bicyclic) bond motifs is 1. The van der Waals surface area contributed by atoms with Crippen molar-refractivity contribution in [1.29, 1.82) is 0 Å². The van der Waals surface area contributed by atoms with Gasteiger partial charge in [0.15, 0.2) is 5.82 Å². The molecule has 134 valence electrons. The Labute approximate surface area is 155 Å². The zero-order valence-corrected chi connectivity index (χ0v) is 15.2. The lowest BCUT2D eigenvalue weighted by Gasteiger charge is -2.10. The molecule has 1 N–H and O–H groups in total. The fourth-order valence-electron chi connectivity index (χ4n) is 3.39. The van der Waals surface area contributed by atoms with E-state index in [0.29, 0.717) is 0 Å². The molecule has 0 amide bonds. The van der Waals surface area contributed by atoms with Crippen LogP contribution in [0.5, 0.6) is 0 Å². The Hall–Kier alpha value is -2.34. The van der Waals surface area contributed by atoms with Crippen LogP contribution in [0.3, 0.4) is 0 Å². The van der Waals surface area contributed by atoms with Crippen molar-refractivity contribution in [2.45, 2.75) is 24.2 Å². The van der Waals surface area contributed by atoms with Gasteiger partial charge in [-0.05, 0) is 43.7 Å². The zero-order valence-electron chi connectivity index (χ0n) is 14.4. The molecule has 0 fully saturated rings. The molecule has 3 aromatic rings. The van der Waals surface area contributed by atoms with Crippen LogP contribution in [0, 0.1) is 11.6 Å². The van der Waals surface area contributed by atoms with Crippen LogP contribution in [-0.2, 0) is 6.42 Å². The van der Waals surface area contributed by atoms with Crippen molar-refractivity contribution in [1.82, 2.24) is 9.78 Å². The van der Waals surface area contributed by atoms with Crippen LogP contribution < -0.4 is 5.32 Å². The Morgan fingerprint density at radius 2 is 1.96 bits per heavy atom. The van der Waals surface area contributed by atoms with Crippen molar-refractivity contribution in [2.24, 2.45) is 0 Å². The summed E-state index contributed by atoms with van der Waals surface area (Å²) < 4.78 is 29.4. The van der Waals surface area contributed by atoms with Crippen LogP contribution in [0.1, 0.15) is 18.4 Å². The SMILES string of the molecule is CSc1ccccc1-c1nn(-c2ccc(F)cc2F)c2c1CCCCN2. The molecule has 1 aliphatic heterocycles. The highest BCUT2D eigenvalue weighted by Crippen LogP contribution is 2.38. The van der Waals surface area contributed by atoms with Crippen molar-refractivity contribution in [3.8, 4) is 16.9 Å². The van der Waals surface area contributed by atoms with Gasteiger partial charge in [-0.25, -0.2) is 13.5 Å². The van der Waals surface area contributed by atoms with Gasteiger partial charge in [0, 0.05) is 28.6 Å². The van der Waals surface area contributed by atoms with E-state index in [9.17, 15) is 8.78 Å². The quantitative estimate of drug-likeness (QED) is 0.635. The number of hydrogen-bond acceptors (Lipinski definition) is 3. The largest absolute Gasteiger partial charge is 0.370 e. The summed E-state index contributed by atoms with van der Waals surface area (Å²) in [6.07, 6.45) is 5.01. The molecule has 0 bridgehead atoms. The lowest BCUT2D eigenvalue weighted by atomic mass is 10.0. The second-order valence-corrected chi connectivity index (χ2v) is 7.12. The molecule has 0 saturated heterocycles. The second kappa shape index (κ2) is 7.11. The van der Waals surface area contributed by atoms with E-state index in [1.165, 1.54) is 12.1 Å². The molecule has 0 spiro atoms. The molecule has 6 heteroatoms. The first-order valence-corrected chi connectivity index (χ1v) is 9.86. The minimum atomic E-state index is -0.619. The monoisotopic (exact) mass is 371 g/mol. The minimum absolute atomic E-state index is 0.255. The molecule has 2 aromatic carbocycles. The van der Waals surface area contributed by atoms with E-state index in [4.69, 9.17) is 5.10 Å². The number of benzene rings is 2. The number of nitrogens with one attached hydrogen (secondary N) is 1. The predicted molar refractivity (Wildman–Crippen MR) is 102 cm³/mol. The summed E-state index contributed by atoms with van der Waals surface area (Å²) in [7, 11) is 0. The van der Waals surface area contributed by atoms with Crippen LogP contribution in [0.15, 0.2) is 47.4 Å². The Bertz CT molecular complexity index is 952. The molecule has 4 rings (SSSR count). The minimum Gasteiger partial charge on any atom is -0.370 e. The first-order valence-electron chi connectivity index (χ1n) is 8.63. The summed E-state index contributed by atoms with van der Waals surface area (Å²) in [6.45, 7) is 0.811. The molecule has 0 atom stereocenters. The van der Waals surface area contributed by atoms with Crippen LogP contribution in [-0.4, -0.2) is 22.6 Å². The van der Waals surface area contributed by atoms with Gasteiger partial charge < -0.3 is 5.32 Å². The molecule has 1 aromatic heterocycles. The fraction of sp³-hybridized carbons (Fsp3) is 0.250. The Balaban J connectivity index is 1.95. The number of nitrogens with zero attached hydrogens (tertiary/aromatic N) is 2. The first kappa shape index (κ1) is 17.1. The maximum Gasteiger partial charge on any atom is 0.151 e. The summed E-state index contributed by atoms with van der Waals surface area (Å²) in [6, 6.07) is 11.7. The summed E-state index contributed by atoms with van der Waals surface area (Å²) in [5, 5.41) is 8.15. The van der Waals surface area contributed by atoms with Crippen molar-refractivity contribution < 1.29 is 8.78 Å². The van der Waals surface area contributed by atoms with Gasteiger partial charge in [-0.2, -0.15) is 5.10 Å². The predicted octanol–water partition coefficient (Wildman–Crippen LogP) is 5.29. The van der Waals surface area contributed by atoms with Gasteiger partial charge in [0.2, 0.25) is 0 Å². The van der Waals surface area contributed by atoms with E-state index < -0.39 is 11.6 Å². The smallest absolute Gasteiger partial charge is 0.151 e. The summed E-state index contributed by atoms with van der Waals surface area (Å²) >= 11 is 1.66. The molecule has 0 aliphatic carbocycles. The highest BCUT2D eigenvalue weighted by molar-refractivity contribution is 7.98. The first-order chi connectivity index (χ1) is 12.7. The molecular formula is C20H19F2N3S. The summed E-state index contributed by atoms with van der Waals surface area (Å²) in [4.78, 5) is 1.13. The van der Waals surface area contributed by atoms with Gasteiger partial charge in [-0.1, -0.05) is 18.2 Å². The highest BCUT2D eigenvalue weighted by Gasteiger charge is 2.24. The van der Waals surface area contributed by atoms with Crippen molar-refractivity contribution >= 4 is 17.6 Å². The third-order valence-corrected chi connectivity index (χ3v) is 5.43. The molecular weight excluding hydrogens is 352 g/mol. The number of thioether (sulfide) groups is 1. The second-order valence-electron chi connectivity index (χ2n) is 6.27. The highest BCUT2D eigenvalue weighted by atomic mass is 32.2.